The minimum absolute atomic E-state index is 0.0652. The molecule has 2 aromatic rings. The summed E-state index contributed by atoms with van der Waals surface area (Å²) in [6.07, 6.45) is 0. The number of nitrogens with zero attached hydrogens (tertiary/aromatic N) is 1. The fourth-order valence-electron chi connectivity index (χ4n) is 1.81. The fourth-order valence-corrected chi connectivity index (χ4v) is 1.81. The van der Waals surface area contributed by atoms with Crippen molar-refractivity contribution in [1.82, 2.24) is 4.98 Å². The number of oxazole rings is 1. The molecule has 0 saturated carbocycles. The summed E-state index contributed by atoms with van der Waals surface area (Å²) >= 11 is 0. The first-order valence-electron chi connectivity index (χ1n) is 5.86. The number of aromatic nitrogens is 1. The van der Waals surface area contributed by atoms with E-state index in [-0.39, 0.29) is 12.5 Å². The number of aliphatic carboxylic acids is 1. The Labute approximate surface area is 105 Å². The molecule has 1 aromatic carbocycles. The van der Waals surface area contributed by atoms with E-state index in [0.717, 1.165) is 0 Å². The highest BCUT2D eigenvalue weighted by atomic mass is 16.4. The summed E-state index contributed by atoms with van der Waals surface area (Å²) in [5.74, 6) is -0.773. The molecule has 3 N–H and O–H groups in total. The monoisotopic (exact) mass is 248 g/mol. The third-order valence-corrected chi connectivity index (χ3v) is 2.86. The molecule has 1 unspecified atom stereocenters. The third-order valence-electron chi connectivity index (χ3n) is 2.86. The Hall–Kier alpha value is -1.88. The van der Waals surface area contributed by atoms with Crippen LogP contribution in [0.3, 0.4) is 0 Å². The topological polar surface area (TPSA) is 89.3 Å². The second kappa shape index (κ2) is 4.78. The minimum Gasteiger partial charge on any atom is -0.481 e. The average Bonchev–Trinajstić information content (AvgIpc) is 2.72. The molecular weight excluding hydrogens is 232 g/mol. The van der Waals surface area contributed by atoms with Crippen molar-refractivity contribution in [2.45, 2.75) is 25.7 Å². The lowest BCUT2D eigenvalue weighted by molar-refractivity contribution is -0.138. The van der Waals surface area contributed by atoms with Crippen molar-refractivity contribution in [3.63, 3.8) is 0 Å². The van der Waals surface area contributed by atoms with Gasteiger partial charge in [0.2, 0.25) is 0 Å². The van der Waals surface area contributed by atoms with Crippen molar-refractivity contribution >= 4 is 17.1 Å². The molecule has 0 aliphatic rings. The second-order valence-electron chi connectivity index (χ2n) is 4.56. The number of carboxylic acid groups (broad SMARTS) is 1. The fraction of sp³-hybridized carbons (Fsp3) is 0.385. The van der Waals surface area contributed by atoms with Crippen LogP contribution in [0.5, 0.6) is 0 Å². The zero-order chi connectivity index (χ0) is 13.3. The van der Waals surface area contributed by atoms with Gasteiger partial charge in [0.15, 0.2) is 11.5 Å². The molecule has 18 heavy (non-hydrogen) atoms. The normalized spacial score (nSPS) is 13.1. The van der Waals surface area contributed by atoms with E-state index in [1.807, 2.05) is 13.8 Å². The van der Waals surface area contributed by atoms with Gasteiger partial charge in [0.1, 0.15) is 5.52 Å². The van der Waals surface area contributed by atoms with E-state index >= 15 is 0 Å². The van der Waals surface area contributed by atoms with Crippen LogP contribution >= 0.6 is 0 Å². The van der Waals surface area contributed by atoms with E-state index < -0.39 is 11.9 Å². The first-order valence-corrected chi connectivity index (χ1v) is 5.86. The number of nitrogens with two attached hydrogens (primary N) is 1. The van der Waals surface area contributed by atoms with Gasteiger partial charge in [-0.25, -0.2) is 4.98 Å². The van der Waals surface area contributed by atoms with Gasteiger partial charge in [-0.1, -0.05) is 19.9 Å². The highest BCUT2D eigenvalue weighted by molar-refractivity contribution is 5.80. The highest BCUT2D eigenvalue weighted by Crippen LogP contribution is 2.24. The number of fused-ring (bicyclic) bond motifs is 1. The minimum atomic E-state index is -0.926. The molecule has 1 atom stereocenters. The van der Waals surface area contributed by atoms with Gasteiger partial charge in [-0.15, -0.1) is 0 Å². The standard InChI is InChI=1S/C13H16N2O3/c1-7(2)12-15-10-5-8(3-4-11(10)18-12)9(6-14)13(16)17/h3-5,7,9H,6,14H2,1-2H3,(H,16,17). The summed E-state index contributed by atoms with van der Waals surface area (Å²) in [5.41, 5.74) is 7.48. The molecule has 0 amide bonds. The molecule has 0 radical (unpaired) electrons. The van der Waals surface area contributed by atoms with Crippen LogP contribution in [0, 0.1) is 0 Å². The van der Waals surface area contributed by atoms with Crippen LogP contribution in [0.4, 0.5) is 0 Å². The summed E-state index contributed by atoms with van der Waals surface area (Å²) in [4.78, 5) is 15.4. The zero-order valence-corrected chi connectivity index (χ0v) is 10.4. The molecule has 0 fully saturated rings. The van der Waals surface area contributed by atoms with Crippen molar-refractivity contribution in [2.75, 3.05) is 6.54 Å². The van der Waals surface area contributed by atoms with Crippen molar-refractivity contribution in [3.8, 4) is 0 Å². The smallest absolute Gasteiger partial charge is 0.312 e. The zero-order valence-electron chi connectivity index (χ0n) is 10.4. The average molecular weight is 248 g/mol. The van der Waals surface area contributed by atoms with Gasteiger partial charge in [0.05, 0.1) is 5.92 Å². The quantitative estimate of drug-likeness (QED) is 0.864. The lowest BCUT2D eigenvalue weighted by Gasteiger charge is -2.08. The Morgan fingerprint density at radius 2 is 2.22 bits per heavy atom. The molecule has 2 rings (SSSR count). The number of rotatable bonds is 4. The lowest BCUT2D eigenvalue weighted by atomic mass is 9.99. The molecule has 0 saturated heterocycles. The Morgan fingerprint density at radius 3 is 2.78 bits per heavy atom. The first kappa shape index (κ1) is 12.6. The maximum absolute atomic E-state index is 11.1. The molecule has 5 heteroatoms. The SMILES string of the molecule is CC(C)c1nc2cc(C(CN)C(=O)O)ccc2o1. The van der Waals surface area contributed by atoms with Gasteiger partial charge >= 0.3 is 5.97 Å². The summed E-state index contributed by atoms with van der Waals surface area (Å²) in [6.45, 7) is 4.05. The Bertz CT molecular complexity index is 575. The van der Waals surface area contributed by atoms with Crippen LogP contribution in [0.1, 0.15) is 37.1 Å². The summed E-state index contributed by atoms with van der Waals surface area (Å²) in [7, 11) is 0. The van der Waals surface area contributed by atoms with Gasteiger partial charge in [0, 0.05) is 12.5 Å². The van der Waals surface area contributed by atoms with E-state index in [0.29, 0.717) is 22.6 Å². The molecule has 5 nitrogen and oxygen atoms in total. The molecule has 0 spiro atoms. The maximum Gasteiger partial charge on any atom is 0.312 e. The molecular formula is C13H16N2O3. The van der Waals surface area contributed by atoms with Crippen LogP contribution in [-0.4, -0.2) is 22.6 Å². The molecule has 0 bridgehead atoms. The summed E-state index contributed by atoms with van der Waals surface area (Å²) < 4.78 is 5.57. The van der Waals surface area contributed by atoms with E-state index in [1.165, 1.54) is 0 Å². The molecule has 1 heterocycles. The Balaban J connectivity index is 2.46. The van der Waals surface area contributed by atoms with Crippen LogP contribution in [-0.2, 0) is 4.79 Å². The Kier molecular flexibility index (Phi) is 3.34. The lowest BCUT2D eigenvalue weighted by Crippen LogP contribution is -2.20. The second-order valence-corrected chi connectivity index (χ2v) is 4.56. The predicted octanol–water partition coefficient (Wildman–Crippen LogP) is 2.08. The largest absolute Gasteiger partial charge is 0.481 e. The van der Waals surface area contributed by atoms with Crippen LogP contribution < -0.4 is 5.73 Å². The van der Waals surface area contributed by atoms with Crippen LogP contribution in [0.15, 0.2) is 22.6 Å². The maximum atomic E-state index is 11.1. The van der Waals surface area contributed by atoms with E-state index in [9.17, 15) is 4.79 Å². The van der Waals surface area contributed by atoms with Crippen LogP contribution in [0.25, 0.3) is 11.1 Å². The predicted molar refractivity (Wildman–Crippen MR) is 67.5 cm³/mol. The van der Waals surface area contributed by atoms with E-state index in [2.05, 4.69) is 4.98 Å². The van der Waals surface area contributed by atoms with Crippen LogP contribution in [0.2, 0.25) is 0 Å². The molecule has 96 valence electrons. The van der Waals surface area contributed by atoms with Gasteiger partial charge in [-0.2, -0.15) is 0 Å². The molecule has 0 aliphatic heterocycles. The van der Waals surface area contributed by atoms with E-state index in [4.69, 9.17) is 15.3 Å². The molecule has 1 aromatic heterocycles. The van der Waals surface area contributed by atoms with E-state index in [1.54, 1.807) is 18.2 Å². The van der Waals surface area contributed by atoms with Crippen molar-refractivity contribution in [2.24, 2.45) is 5.73 Å². The van der Waals surface area contributed by atoms with Gasteiger partial charge in [-0.3, -0.25) is 4.79 Å². The van der Waals surface area contributed by atoms with Gasteiger partial charge in [0.25, 0.3) is 0 Å². The molecule has 0 aliphatic carbocycles. The van der Waals surface area contributed by atoms with Crippen molar-refractivity contribution < 1.29 is 14.3 Å². The number of benzene rings is 1. The summed E-state index contributed by atoms with van der Waals surface area (Å²) in [5, 5.41) is 9.07. The highest BCUT2D eigenvalue weighted by Gasteiger charge is 2.19. The number of carboxylic acids is 1. The Morgan fingerprint density at radius 1 is 1.50 bits per heavy atom. The first-order chi connectivity index (χ1) is 8.52. The van der Waals surface area contributed by atoms with Crippen molar-refractivity contribution in [1.29, 1.82) is 0 Å². The number of hydrogen-bond donors (Lipinski definition) is 2. The number of carbonyl (C=O) groups is 1. The van der Waals surface area contributed by atoms with Gasteiger partial charge in [-0.05, 0) is 17.7 Å². The van der Waals surface area contributed by atoms with Crippen molar-refractivity contribution in [3.05, 3.63) is 29.7 Å². The third kappa shape index (κ3) is 2.22. The summed E-state index contributed by atoms with van der Waals surface area (Å²) in [6, 6.07) is 5.20. The van der Waals surface area contributed by atoms with Gasteiger partial charge < -0.3 is 15.3 Å². The number of hydrogen-bond acceptors (Lipinski definition) is 4.